The highest BCUT2D eigenvalue weighted by Gasteiger charge is 2.25. The van der Waals surface area contributed by atoms with Gasteiger partial charge >= 0.3 is 0 Å². The van der Waals surface area contributed by atoms with E-state index in [0.29, 0.717) is 24.4 Å². The topological polar surface area (TPSA) is 70.6 Å². The number of hydrogen-bond acceptors (Lipinski definition) is 8. The number of anilines is 2. The van der Waals surface area contributed by atoms with Crippen LogP contribution in [0, 0.1) is 6.92 Å². The zero-order valence-corrected chi connectivity index (χ0v) is 20.9. The number of methoxy groups -OCH3 is 1. The van der Waals surface area contributed by atoms with Crippen molar-refractivity contribution in [1.29, 1.82) is 0 Å². The van der Waals surface area contributed by atoms with E-state index in [9.17, 15) is 4.79 Å². The number of nitrogens with zero attached hydrogens (tertiary/aromatic N) is 4. The van der Waals surface area contributed by atoms with E-state index in [1.807, 2.05) is 48.4 Å². The number of pyridine rings is 1. The number of piperazine rings is 1. The van der Waals surface area contributed by atoms with Crippen LogP contribution in [0.4, 0.5) is 10.9 Å². The standard InChI is InChI=1S/C25H27N5O2S2/c1-5-18(3)29-10-12-30(13-11-29)24(31)19-15-21(17(2)14-20(19)32-4)33-23-16-27-25(34-23)28-22-8-6-7-9-26-22/h5-9,14-16H,1,3,10-13H2,2,4H3,(H,26,27,28). The molecule has 1 saturated heterocycles. The first-order valence-corrected chi connectivity index (χ1v) is 12.5. The fourth-order valence-electron chi connectivity index (χ4n) is 3.62. The summed E-state index contributed by atoms with van der Waals surface area (Å²) >= 11 is 3.13. The second-order valence-corrected chi connectivity index (χ2v) is 10.1. The largest absolute Gasteiger partial charge is 0.496 e. The highest BCUT2D eigenvalue weighted by molar-refractivity contribution is 8.01. The number of aromatic nitrogens is 2. The number of carbonyl (C=O) groups is 1. The van der Waals surface area contributed by atoms with Crippen molar-refractivity contribution in [3.63, 3.8) is 0 Å². The van der Waals surface area contributed by atoms with Crippen LogP contribution in [0.25, 0.3) is 0 Å². The van der Waals surface area contributed by atoms with Gasteiger partial charge in [0.2, 0.25) is 0 Å². The molecule has 1 N–H and O–H groups in total. The van der Waals surface area contributed by atoms with Crippen molar-refractivity contribution >= 4 is 40.0 Å². The number of rotatable bonds is 8. The summed E-state index contributed by atoms with van der Waals surface area (Å²) in [4.78, 5) is 27.1. The third-order valence-corrected chi connectivity index (χ3v) is 7.70. The summed E-state index contributed by atoms with van der Waals surface area (Å²) in [6.07, 6.45) is 5.32. The second kappa shape index (κ2) is 10.8. The van der Waals surface area contributed by atoms with Gasteiger partial charge in [-0.05, 0) is 42.8 Å². The van der Waals surface area contributed by atoms with Crippen molar-refractivity contribution in [1.82, 2.24) is 19.8 Å². The first kappa shape index (κ1) is 23.8. The van der Waals surface area contributed by atoms with Crippen LogP contribution >= 0.6 is 23.1 Å². The lowest BCUT2D eigenvalue weighted by atomic mass is 10.1. The summed E-state index contributed by atoms with van der Waals surface area (Å²) in [6, 6.07) is 9.55. The predicted molar refractivity (Wildman–Crippen MR) is 138 cm³/mol. The minimum absolute atomic E-state index is 0.0237. The molecule has 9 heteroatoms. The van der Waals surface area contributed by atoms with Crippen LogP contribution in [0.2, 0.25) is 0 Å². The van der Waals surface area contributed by atoms with Gasteiger partial charge in [-0.2, -0.15) is 0 Å². The maximum Gasteiger partial charge on any atom is 0.257 e. The maximum absolute atomic E-state index is 13.4. The van der Waals surface area contributed by atoms with Crippen molar-refractivity contribution in [3.05, 3.63) is 78.8 Å². The summed E-state index contributed by atoms with van der Waals surface area (Å²) < 4.78 is 6.58. The van der Waals surface area contributed by atoms with Crippen molar-refractivity contribution in [2.45, 2.75) is 16.0 Å². The average molecular weight is 494 g/mol. The van der Waals surface area contributed by atoms with Gasteiger partial charge in [0.25, 0.3) is 5.91 Å². The lowest BCUT2D eigenvalue weighted by Gasteiger charge is -2.36. The number of thiazole rings is 1. The number of benzene rings is 1. The van der Waals surface area contributed by atoms with E-state index in [2.05, 4.69) is 33.3 Å². The van der Waals surface area contributed by atoms with E-state index in [4.69, 9.17) is 4.74 Å². The predicted octanol–water partition coefficient (Wildman–Crippen LogP) is 5.21. The van der Waals surface area contributed by atoms with Crippen LogP contribution in [0.5, 0.6) is 5.75 Å². The molecule has 7 nitrogen and oxygen atoms in total. The summed E-state index contributed by atoms with van der Waals surface area (Å²) in [6.45, 7) is 12.5. The van der Waals surface area contributed by atoms with Crippen molar-refractivity contribution < 1.29 is 9.53 Å². The number of carbonyl (C=O) groups excluding carboxylic acids is 1. The molecule has 0 radical (unpaired) electrons. The van der Waals surface area contributed by atoms with E-state index < -0.39 is 0 Å². The zero-order valence-electron chi connectivity index (χ0n) is 19.3. The molecule has 0 unspecified atom stereocenters. The number of amides is 1. The Kier molecular flexibility index (Phi) is 7.54. The van der Waals surface area contributed by atoms with Gasteiger partial charge in [0.1, 0.15) is 11.6 Å². The molecule has 176 valence electrons. The molecular weight excluding hydrogens is 466 g/mol. The van der Waals surface area contributed by atoms with E-state index in [1.54, 1.807) is 42.5 Å². The van der Waals surface area contributed by atoms with Gasteiger partial charge in [0.05, 0.1) is 23.1 Å². The fraction of sp³-hybridized carbons (Fsp3) is 0.240. The second-order valence-electron chi connectivity index (χ2n) is 7.72. The molecule has 4 rings (SSSR count). The number of nitrogens with one attached hydrogen (secondary N) is 1. The Morgan fingerprint density at radius 3 is 2.65 bits per heavy atom. The Labute approximate surface area is 208 Å². The van der Waals surface area contributed by atoms with Crippen LogP contribution in [0.1, 0.15) is 15.9 Å². The molecule has 0 saturated carbocycles. The van der Waals surface area contributed by atoms with Gasteiger partial charge in [0, 0.05) is 43.0 Å². The minimum Gasteiger partial charge on any atom is -0.496 e. The molecule has 1 fully saturated rings. The lowest BCUT2D eigenvalue weighted by molar-refractivity contribution is 0.0669. The Morgan fingerprint density at radius 2 is 1.97 bits per heavy atom. The molecule has 3 aromatic rings. The van der Waals surface area contributed by atoms with Gasteiger partial charge in [0.15, 0.2) is 5.13 Å². The van der Waals surface area contributed by atoms with Gasteiger partial charge in [-0.1, -0.05) is 42.3 Å². The first-order valence-electron chi connectivity index (χ1n) is 10.8. The lowest BCUT2D eigenvalue weighted by Crippen LogP contribution is -2.48. The molecule has 2 aromatic heterocycles. The zero-order chi connectivity index (χ0) is 24.1. The third kappa shape index (κ3) is 5.43. The Bertz CT molecular complexity index is 1190. The molecule has 1 aliphatic heterocycles. The van der Waals surface area contributed by atoms with Crippen LogP contribution in [-0.4, -0.2) is 59.0 Å². The van der Waals surface area contributed by atoms with Crippen LogP contribution < -0.4 is 10.1 Å². The summed E-state index contributed by atoms with van der Waals surface area (Å²) in [7, 11) is 1.60. The Morgan fingerprint density at radius 1 is 1.21 bits per heavy atom. The van der Waals surface area contributed by atoms with E-state index in [-0.39, 0.29) is 5.91 Å². The van der Waals surface area contributed by atoms with Crippen molar-refractivity contribution in [2.24, 2.45) is 0 Å². The quantitative estimate of drug-likeness (QED) is 0.432. The molecule has 0 bridgehead atoms. The normalized spacial score (nSPS) is 13.5. The number of allylic oxidation sites excluding steroid dienone is 1. The Balaban J connectivity index is 1.50. The molecular formula is C25H27N5O2S2. The number of aryl methyl sites for hydroxylation is 1. The molecule has 0 aliphatic carbocycles. The average Bonchev–Trinajstić information content (AvgIpc) is 3.31. The van der Waals surface area contributed by atoms with Crippen LogP contribution in [0.3, 0.4) is 0 Å². The SMILES string of the molecule is C=CC(=C)N1CCN(C(=O)c2cc(Sc3cnc(Nc4ccccn4)s3)c(C)cc2OC)CC1. The summed E-state index contributed by atoms with van der Waals surface area (Å²) in [5.74, 6) is 1.31. The molecule has 1 aliphatic rings. The smallest absolute Gasteiger partial charge is 0.257 e. The number of hydrogen-bond donors (Lipinski definition) is 1. The van der Waals surface area contributed by atoms with Crippen molar-refractivity contribution in [2.75, 3.05) is 38.6 Å². The highest BCUT2D eigenvalue weighted by Crippen LogP contribution is 2.39. The Hall–Kier alpha value is -3.30. The molecule has 34 heavy (non-hydrogen) atoms. The van der Waals surface area contributed by atoms with Crippen LogP contribution in [-0.2, 0) is 0 Å². The summed E-state index contributed by atoms with van der Waals surface area (Å²) in [5, 5.41) is 3.98. The van der Waals surface area contributed by atoms with Gasteiger partial charge in [-0.15, -0.1) is 0 Å². The first-order chi connectivity index (χ1) is 16.5. The minimum atomic E-state index is -0.0237. The molecule has 3 heterocycles. The van der Waals surface area contributed by atoms with E-state index in [0.717, 1.165) is 44.4 Å². The summed E-state index contributed by atoms with van der Waals surface area (Å²) in [5.41, 5.74) is 2.50. The van der Waals surface area contributed by atoms with Crippen molar-refractivity contribution in [3.8, 4) is 5.75 Å². The highest BCUT2D eigenvalue weighted by atomic mass is 32.2. The molecule has 0 atom stereocenters. The van der Waals surface area contributed by atoms with Gasteiger partial charge in [-0.25, -0.2) is 9.97 Å². The van der Waals surface area contributed by atoms with Gasteiger partial charge < -0.3 is 19.9 Å². The molecule has 1 amide bonds. The monoisotopic (exact) mass is 493 g/mol. The van der Waals surface area contributed by atoms with Crippen LogP contribution in [0.15, 0.2) is 76.8 Å². The van der Waals surface area contributed by atoms with E-state index in [1.165, 1.54) is 0 Å². The molecule has 0 spiro atoms. The van der Waals surface area contributed by atoms with E-state index >= 15 is 0 Å². The molecule has 1 aromatic carbocycles. The number of ether oxygens (including phenoxy) is 1. The fourth-order valence-corrected chi connectivity index (χ4v) is 5.57. The van der Waals surface area contributed by atoms with Gasteiger partial charge in [-0.3, -0.25) is 4.79 Å². The maximum atomic E-state index is 13.4. The third-order valence-electron chi connectivity index (χ3n) is 5.53.